The molecule has 0 amide bonds. The SMILES string of the molecule is C1=Cc2c(c(-c3cccc4c3ccc3nc(-c5ccccc5)cc(-c5ccccc5)c34)c3ccccc3c2-c2ccc3ccccc3c2)CC1. The zero-order chi connectivity index (χ0) is 33.0. The largest absolute Gasteiger partial charge is 0.248 e. The number of fused-ring (bicyclic) bond motifs is 6. The number of hydrogen-bond donors (Lipinski definition) is 0. The van der Waals surface area contributed by atoms with Crippen molar-refractivity contribution in [3.05, 3.63) is 181 Å². The van der Waals surface area contributed by atoms with Crippen LogP contribution in [0.3, 0.4) is 0 Å². The average Bonchev–Trinajstić information content (AvgIpc) is 3.19. The number of rotatable bonds is 4. The number of allylic oxidation sites excluding steroid dienone is 1. The second kappa shape index (κ2) is 11.7. The van der Waals surface area contributed by atoms with Crippen molar-refractivity contribution in [3.63, 3.8) is 0 Å². The van der Waals surface area contributed by atoms with E-state index in [4.69, 9.17) is 4.98 Å². The Labute approximate surface area is 291 Å². The van der Waals surface area contributed by atoms with Crippen molar-refractivity contribution >= 4 is 49.3 Å². The van der Waals surface area contributed by atoms with Gasteiger partial charge in [-0.2, -0.15) is 0 Å². The molecule has 0 radical (unpaired) electrons. The van der Waals surface area contributed by atoms with Gasteiger partial charge in [0.25, 0.3) is 0 Å². The lowest BCUT2D eigenvalue weighted by Crippen LogP contribution is -2.03. The number of benzene rings is 8. The molecule has 1 heteroatoms. The van der Waals surface area contributed by atoms with E-state index in [9.17, 15) is 0 Å². The Morgan fingerprint density at radius 3 is 1.96 bits per heavy atom. The van der Waals surface area contributed by atoms with E-state index >= 15 is 0 Å². The molecule has 1 aliphatic rings. The van der Waals surface area contributed by atoms with E-state index in [1.807, 2.05) is 0 Å². The molecule has 0 fully saturated rings. The fourth-order valence-electron chi connectivity index (χ4n) is 8.26. The van der Waals surface area contributed by atoms with Crippen LogP contribution in [0.25, 0.3) is 93.9 Å². The molecule has 1 aromatic heterocycles. The highest BCUT2D eigenvalue weighted by Crippen LogP contribution is 2.47. The van der Waals surface area contributed by atoms with E-state index in [-0.39, 0.29) is 0 Å². The maximum Gasteiger partial charge on any atom is 0.0722 e. The standard InChI is InChI=1S/C49H33N/c1-3-15-33(16-4-1)44-31-46(34-17-5-2-6-18-34)50-45-29-28-37-38(24-13-25-39(37)49(44)45)48-42-22-11-9-20-40(42)47(41-21-10-12-23-43(41)48)36-27-26-32-14-7-8-19-35(32)30-36/h1-11,13-22,24-31H,12,23H2. The van der Waals surface area contributed by atoms with Gasteiger partial charge >= 0.3 is 0 Å². The fraction of sp³-hybridized carbons (Fsp3) is 0.0408. The zero-order valence-corrected chi connectivity index (χ0v) is 27.6. The van der Waals surface area contributed by atoms with E-state index in [2.05, 4.69) is 176 Å². The minimum absolute atomic E-state index is 0.989. The Morgan fingerprint density at radius 2 is 1.14 bits per heavy atom. The van der Waals surface area contributed by atoms with Crippen LogP contribution in [-0.4, -0.2) is 4.98 Å². The molecular formula is C49H33N. The summed E-state index contributed by atoms with van der Waals surface area (Å²) in [6.07, 6.45) is 6.77. The van der Waals surface area contributed by atoms with Gasteiger partial charge in [0, 0.05) is 10.9 Å². The molecule has 50 heavy (non-hydrogen) atoms. The van der Waals surface area contributed by atoms with Crippen LogP contribution in [0.4, 0.5) is 0 Å². The number of nitrogens with zero attached hydrogens (tertiary/aromatic N) is 1. The van der Waals surface area contributed by atoms with Gasteiger partial charge in [-0.25, -0.2) is 4.98 Å². The monoisotopic (exact) mass is 635 g/mol. The van der Waals surface area contributed by atoms with Crippen molar-refractivity contribution in [2.75, 3.05) is 0 Å². The highest BCUT2D eigenvalue weighted by atomic mass is 14.7. The van der Waals surface area contributed by atoms with Gasteiger partial charge in [-0.15, -0.1) is 0 Å². The van der Waals surface area contributed by atoms with Crippen LogP contribution in [-0.2, 0) is 6.42 Å². The van der Waals surface area contributed by atoms with Crippen LogP contribution in [0.2, 0.25) is 0 Å². The van der Waals surface area contributed by atoms with Gasteiger partial charge < -0.3 is 0 Å². The summed E-state index contributed by atoms with van der Waals surface area (Å²) >= 11 is 0. The maximum absolute atomic E-state index is 5.26. The van der Waals surface area contributed by atoms with Crippen LogP contribution in [0.5, 0.6) is 0 Å². The van der Waals surface area contributed by atoms with E-state index in [0.717, 1.165) is 29.6 Å². The first-order valence-corrected chi connectivity index (χ1v) is 17.5. The third-order valence-corrected chi connectivity index (χ3v) is 10.5. The minimum Gasteiger partial charge on any atom is -0.248 e. The smallest absolute Gasteiger partial charge is 0.0722 e. The number of aromatic nitrogens is 1. The molecule has 0 aliphatic heterocycles. The first-order valence-electron chi connectivity index (χ1n) is 17.5. The topological polar surface area (TPSA) is 12.9 Å². The predicted octanol–water partition coefficient (Wildman–Crippen LogP) is 13.3. The van der Waals surface area contributed by atoms with E-state index in [1.165, 1.54) is 82.2 Å². The summed E-state index contributed by atoms with van der Waals surface area (Å²) in [5, 5.41) is 8.82. The van der Waals surface area contributed by atoms with Crippen molar-refractivity contribution in [1.82, 2.24) is 4.98 Å². The molecule has 0 saturated heterocycles. The van der Waals surface area contributed by atoms with Gasteiger partial charge in [-0.05, 0) is 108 Å². The van der Waals surface area contributed by atoms with E-state index in [1.54, 1.807) is 0 Å². The molecule has 1 heterocycles. The molecule has 10 rings (SSSR count). The Balaban J connectivity index is 1.27. The molecule has 1 nitrogen and oxygen atoms in total. The van der Waals surface area contributed by atoms with E-state index < -0.39 is 0 Å². The Hall–Kier alpha value is -6.31. The second-order valence-electron chi connectivity index (χ2n) is 13.3. The van der Waals surface area contributed by atoms with Crippen LogP contribution in [0, 0.1) is 0 Å². The molecule has 8 aromatic carbocycles. The normalized spacial score (nSPS) is 12.6. The lowest BCUT2D eigenvalue weighted by atomic mass is 9.79. The fourth-order valence-corrected chi connectivity index (χ4v) is 8.26. The van der Waals surface area contributed by atoms with Gasteiger partial charge in [0.05, 0.1) is 11.2 Å². The summed E-state index contributed by atoms with van der Waals surface area (Å²) in [5.41, 5.74) is 13.5. The van der Waals surface area contributed by atoms with Crippen LogP contribution in [0.1, 0.15) is 17.5 Å². The molecule has 234 valence electrons. The summed E-state index contributed by atoms with van der Waals surface area (Å²) in [4.78, 5) is 5.26. The van der Waals surface area contributed by atoms with Gasteiger partial charge in [-0.1, -0.05) is 158 Å². The highest BCUT2D eigenvalue weighted by molar-refractivity contribution is 6.20. The van der Waals surface area contributed by atoms with Crippen molar-refractivity contribution in [3.8, 4) is 44.6 Å². The van der Waals surface area contributed by atoms with Crippen LogP contribution >= 0.6 is 0 Å². The molecule has 0 atom stereocenters. The van der Waals surface area contributed by atoms with Gasteiger partial charge in [-0.3, -0.25) is 0 Å². The molecule has 9 aromatic rings. The molecule has 0 saturated carbocycles. The Bertz CT molecular complexity index is 2790. The van der Waals surface area contributed by atoms with Crippen molar-refractivity contribution in [2.45, 2.75) is 12.8 Å². The minimum atomic E-state index is 0.989. The third kappa shape index (κ3) is 4.59. The molecular weight excluding hydrogens is 603 g/mol. The number of hydrogen-bond acceptors (Lipinski definition) is 1. The Kier molecular flexibility index (Phi) is 6.70. The summed E-state index contributed by atoms with van der Waals surface area (Å²) < 4.78 is 0. The van der Waals surface area contributed by atoms with Gasteiger partial charge in [0.2, 0.25) is 0 Å². The summed E-state index contributed by atoms with van der Waals surface area (Å²) in [5.74, 6) is 0. The van der Waals surface area contributed by atoms with Crippen molar-refractivity contribution in [1.29, 1.82) is 0 Å². The first-order chi connectivity index (χ1) is 24.8. The molecule has 0 unspecified atom stereocenters. The zero-order valence-electron chi connectivity index (χ0n) is 27.6. The summed E-state index contributed by atoms with van der Waals surface area (Å²) in [6, 6.07) is 59.6. The lowest BCUT2D eigenvalue weighted by molar-refractivity contribution is 0.992. The highest BCUT2D eigenvalue weighted by Gasteiger charge is 2.23. The maximum atomic E-state index is 5.26. The van der Waals surface area contributed by atoms with Gasteiger partial charge in [0.15, 0.2) is 0 Å². The van der Waals surface area contributed by atoms with Crippen LogP contribution in [0.15, 0.2) is 170 Å². The van der Waals surface area contributed by atoms with E-state index in [0.29, 0.717) is 0 Å². The van der Waals surface area contributed by atoms with Crippen molar-refractivity contribution in [2.24, 2.45) is 0 Å². The second-order valence-corrected chi connectivity index (χ2v) is 13.3. The quantitative estimate of drug-likeness (QED) is 0.175. The lowest BCUT2D eigenvalue weighted by Gasteiger charge is -2.25. The predicted molar refractivity (Wildman–Crippen MR) is 213 cm³/mol. The van der Waals surface area contributed by atoms with Gasteiger partial charge in [0.1, 0.15) is 0 Å². The Morgan fingerprint density at radius 1 is 0.440 bits per heavy atom. The number of pyridine rings is 1. The summed E-state index contributed by atoms with van der Waals surface area (Å²) in [6.45, 7) is 0. The molecule has 1 aliphatic carbocycles. The average molecular weight is 636 g/mol. The summed E-state index contributed by atoms with van der Waals surface area (Å²) in [7, 11) is 0. The third-order valence-electron chi connectivity index (χ3n) is 10.5. The first kappa shape index (κ1) is 28.7. The van der Waals surface area contributed by atoms with Crippen LogP contribution < -0.4 is 0 Å². The molecule has 0 bridgehead atoms. The molecule has 0 spiro atoms. The van der Waals surface area contributed by atoms with Crippen molar-refractivity contribution < 1.29 is 0 Å². The molecule has 0 N–H and O–H groups in total.